The molecular weight excluding hydrogens is 333 g/mol. The number of aryl methyl sites for hydroxylation is 1. The lowest BCUT2D eigenvalue weighted by atomic mass is 9.93. The van der Waals surface area contributed by atoms with Crippen LogP contribution in [0.5, 0.6) is 0 Å². The standard InChI is InChI=1S/C20H24FN3O2/c21-17-8-6-16(7-9-17)20-22-18(23-26-20)10-5-15-2-1-11-24(13-15)19(25)12-14-3-4-14/h6-9,14-15H,1-5,10-13H2. The molecule has 4 rings (SSSR count). The van der Waals surface area contributed by atoms with Gasteiger partial charge in [0.2, 0.25) is 5.91 Å². The molecule has 26 heavy (non-hydrogen) atoms. The summed E-state index contributed by atoms with van der Waals surface area (Å²) in [6, 6.07) is 6.04. The highest BCUT2D eigenvalue weighted by molar-refractivity contribution is 5.76. The van der Waals surface area contributed by atoms with Gasteiger partial charge in [-0.1, -0.05) is 5.16 Å². The molecule has 2 fully saturated rings. The van der Waals surface area contributed by atoms with Crippen molar-refractivity contribution in [3.8, 4) is 11.5 Å². The highest BCUT2D eigenvalue weighted by Gasteiger charge is 2.29. The summed E-state index contributed by atoms with van der Waals surface area (Å²) in [6.45, 7) is 1.76. The Morgan fingerprint density at radius 3 is 2.77 bits per heavy atom. The van der Waals surface area contributed by atoms with E-state index < -0.39 is 0 Å². The van der Waals surface area contributed by atoms with Crippen molar-refractivity contribution in [2.45, 2.75) is 44.9 Å². The molecule has 1 aromatic heterocycles. The first-order chi connectivity index (χ1) is 12.7. The monoisotopic (exact) mass is 357 g/mol. The fraction of sp³-hybridized carbons (Fsp3) is 0.550. The minimum Gasteiger partial charge on any atom is -0.342 e. The van der Waals surface area contributed by atoms with Crippen molar-refractivity contribution in [1.82, 2.24) is 15.0 Å². The van der Waals surface area contributed by atoms with Gasteiger partial charge in [0.1, 0.15) is 5.82 Å². The third-order valence-corrected chi connectivity index (χ3v) is 5.37. The van der Waals surface area contributed by atoms with Crippen LogP contribution in [-0.4, -0.2) is 34.0 Å². The van der Waals surface area contributed by atoms with Gasteiger partial charge in [-0.25, -0.2) is 4.39 Å². The van der Waals surface area contributed by atoms with Gasteiger partial charge >= 0.3 is 0 Å². The molecule has 138 valence electrons. The summed E-state index contributed by atoms with van der Waals surface area (Å²) in [5.74, 6) is 2.28. The molecule has 6 heteroatoms. The van der Waals surface area contributed by atoms with Gasteiger partial charge in [0.25, 0.3) is 5.89 Å². The van der Waals surface area contributed by atoms with Gasteiger partial charge in [0.05, 0.1) is 0 Å². The Labute approximate surface area is 152 Å². The van der Waals surface area contributed by atoms with E-state index in [9.17, 15) is 9.18 Å². The molecule has 1 aliphatic carbocycles. The third kappa shape index (κ3) is 4.29. The van der Waals surface area contributed by atoms with Crippen molar-refractivity contribution in [3.05, 3.63) is 35.9 Å². The number of halogens is 1. The minimum absolute atomic E-state index is 0.286. The maximum Gasteiger partial charge on any atom is 0.257 e. The Morgan fingerprint density at radius 2 is 2.00 bits per heavy atom. The Hall–Kier alpha value is -2.24. The number of hydrogen-bond acceptors (Lipinski definition) is 4. The molecule has 0 spiro atoms. The number of benzene rings is 1. The first-order valence-corrected chi connectivity index (χ1v) is 9.53. The summed E-state index contributed by atoms with van der Waals surface area (Å²) in [6.07, 6.45) is 7.09. The zero-order chi connectivity index (χ0) is 17.9. The number of nitrogens with zero attached hydrogens (tertiary/aromatic N) is 3. The van der Waals surface area contributed by atoms with E-state index >= 15 is 0 Å². The molecule has 0 bridgehead atoms. The Bertz CT molecular complexity index is 755. The van der Waals surface area contributed by atoms with Crippen molar-refractivity contribution in [2.24, 2.45) is 11.8 Å². The van der Waals surface area contributed by atoms with Gasteiger partial charge < -0.3 is 9.42 Å². The van der Waals surface area contributed by atoms with E-state index in [2.05, 4.69) is 10.1 Å². The van der Waals surface area contributed by atoms with Crippen molar-refractivity contribution in [2.75, 3.05) is 13.1 Å². The van der Waals surface area contributed by atoms with Crippen molar-refractivity contribution >= 4 is 5.91 Å². The highest BCUT2D eigenvalue weighted by atomic mass is 19.1. The van der Waals surface area contributed by atoms with E-state index in [0.29, 0.717) is 29.5 Å². The molecule has 0 radical (unpaired) electrons. The molecule has 1 unspecified atom stereocenters. The van der Waals surface area contributed by atoms with E-state index in [4.69, 9.17) is 4.52 Å². The molecule has 2 aliphatic rings. The topological polar surface area (TPSA) is 59.2 Å². The fourth-order valence-electron chi connectivity index (χ4n) is 3.62. The molecule has 1 aliphatic heterocycles. The molecule has 1 aromatic carbocycles. The largest absolute Gasteiger partial charge is 0.342 e. The number of rotatable bonds is 6. The average Bonchev–Trinajstić information content (AvgIpc) is 3.35. The smallest absolute Gasteiger partial charge is 0.257 e. The van der Waals surface area contributed by atoms with Crippen LogP contribution in [0.3, 0.4) is 0 Å². The van der Waals surface area contributed by atoms with Crippen molar-refractivity contribution < 1.29 is 13.7 Å². The van der Waals surface area contributed by atoms with Crippen LogP contribution >= 0.6 is 0 Å². The first-order valence-electron chi connectivity index (χ1n) is 9.53. The van der Waals surface area contributed by atoms with Gasteiger partial charge in [-0.2, -0.15) is 4.98 Å². The van der Waals surface area contributed by atoms with Crippen molar-refractivity contribution in [1.29, 1.82) is 0 Å². The predicted molar refractivity (Wildman–Crippen MR) is 94.7 cm³/mol. The number of carbonyl (C=O) groups excluding carboxylic acids is 1. The second kappa shape index (κ2) is 7.56. The maximum absolute atomic E-state index is 13.0. The molecule has 1 atom stereocenters. The van der Waals surface area contributed by atoms with E-state index in [1.54, 1.807) is 12.1 Å². The summed E-state index contributed by atoms with van der Waals surface area (Å²) in [7, 11) is 0. The second-order valence-corrected chi connectivity index (χ2v) is 7.56. The maximum atomic E-state index is 13.0. The van der Waals surface area contributed by atoms with E-state index in [1.165, 1.54) is 25.0 Å². The number of amides is 1. The molecule has 2 aromatic rings. The fourth-order valence-corrected chi connectivity index (χ4v) is 3.62. The second-order valence-electron chi connectivity index (χ2n) is 7.56. The molecular formula is C20H24FN3O2. The number of piperidine rings is 1. The van der Waals surface area contributed by atoms with Gasteiger partial charge in [-0.15, -0.1) is 0 Å². The first kappa shape index (κ1) is 17.2. The molecule has 1 saturated heterocycles. The van der Waals surface area contributed by atoms with E-state index in [0.717, 1.165) is 50.8 Å². The Balaban J connectivity index is 1.29. The SMILES string of the molecule is O=C(CC1CC1)N1CCCC(CCc2noc(-c3ccc(F)cc3)n2)C1. The lowest BCUT2D eigenvalue weighted by Gasteiger charge is -2.32. The van der Waals surface area contributed by atoms with Crippen LogP contribution in [0.15, 0.2) is 28.8 Å². The lowest BCUT2D eigenvalue weighted by molar-refractivity contribution is -0.133. The summed E-state index contributed by atoms with van der Waals surface area (Å²) in [4.78, 5) is 18.8. The number of aromatic nitrogens is 2. The Kier molecular flexibility index (Phi) is 5.00. The third-order valence-electron chi connectivity index (χ3n) is 5.37. The zero-order valence-corrected chi connectivity index (χ0v) is 14.9. The summed E-state index contributed by atoms with van der Waals surface area (Å²) >= 11 is 0. The van der Waals surface area contributed by atoms with Gasteiger partial charge in [0.15, 0.2) is 5.82 Å². The van der Waals surface area contributed by atoms with Crippen LogP contribution in [0.25, 0.3) is 11.5 Å². The number of carbonyl (C=O) groups is 1. The van der Waals surface area contributed by atoms with Gasteiger partial charge in [-0.3, -0.25) is 4.79 Å². The van der Waals surface area contributed by atoms with Crippen LogP contribution in [0.2, 0.25) is 0 Å². The quantitative estimate of drug-likeness (QED) is 0.788. The molecule has 0 N–H and O–H groups in total. The average molecular weight is 357 g/mol. The predicted octanol–water partition coefficient (Wildman–Crippen LogP) is 3.85. The normalized spacial score (nSPS) is 20.3. The summed E-state index contributed by atoms with van der Waals surface area (Å²) < 4.78 is 18.3. The molecule has 5 nitrogen and oxygen atoms in total. The van der Waals surface area contributed by atoms with Gasteiger partial charge in [0, 0.05) is 31.5 Å². The Morgan fingerprint density at radius 1 is 1.19 bits per heavy atom. The van der Waals surface area contributed by atoms with Crippen LogP contribution in [0.1, 0.15) is 44.3 Å². The molecule has 1 amide bonds. The van der Waals surface area contributed by atoms with E-state index in [1.807, 2.05) is 4.90 Å². The van der Waals surface area contributed by atoms with Gasteiger partial charge in [-0.05, 0) is 68.2 Å². The van der Waals surface area contributed by atoms with Crippen LogP contribution in [-0.2, 0) is 11.2 Å². The summed E-state index contributed by atoms with van der Waals surface area (Å²) in [5.41, 5.74) is 0.722. The lowest BCUT2D eigenvalue weighted by Crippen LogP contribution is -2.40. The summed E-state index contributed by atoms with van der Waals surface area (Å²) in [5, 5.41) is 4.04. The molecule has 1 saturated carbocycles. The number of hydrogen-bond donors (Lipinski definition) is 0. The van der Waals surface area contributed by atoms with Crippen molar-refractivity contribution in [3.63, 3.8) is 0 Å². The van der Waals surface area contributed by atoms with Crippen LogP contribution in [0.4, 0.5) is 4.39 Å². The van der Waals surface area contributed by atoms with Crippen LogP contribution in [0, 0.1) is 17.7 Å². The zero-order valence-electron chi connectivity index (χ0n) is 14.9. The molecule has 2 heterocycles. The highest BCUT2D eigenvalue weighted by Crippen LogP contribution is 2.33. The van der Waals surface area contributed by atoms with E-state index in [-0.39, 0.29) is 5.82 Å². The minimum atomic E-state index is -0.286. The van der Waals surface area contributed by atoms with Crippen LogP contribution < -0.4 is 0 Å². The number of likely N-dealkylation sites (tertiary alicyclic amines) is 1.